The minimum absolute atomic E-state index is 0.443. The Morgan fingerprint density at radius 2 is 1.92 bits per heavy atom. The predicted molar refractivity (Wildman–Crippen MR) is 36.1 cm³/mol. The van der Waals surface area contributed by atoms with E-state index in [4.69, 9.17) is 0 Å². The zero-order valence-electron chi connectivity index (χ0n) is 6.02. The largest absolute Gasteiger partial charge is 0.372 e. The molecule has 0 spiro atoms. The third kappa shape index (κ3) is 1.48. The highest BCUT2D eigenvalue weighted by Gasteiger charge is 2.25. The first-order valence-corrected chi connectivity index (χ1v) is 3.08. The fourth-order valence-corrected chi connectivity index (χ4v) is 0.753. The summed E-state index contributed by atoms with van der Waals surface area (Å²) < 4.78 is 0. The molecular formula is C6H6N2O4. The van der Waals surface area contributed by atoms with Crippen LogP contribution >= 0.6 is 0 Å². The fraction of sp³-hybridized carbons (Fsp3) is 0.167. The number of hydrogen-bond acceptors (Lipinski definition) is 5. The molecule has 1 aliphatic heterocycles. The van der Waals surface area contributed by atoms with Gasteiger partial charge in [-0.05, 0) is 0 Å². The van der Waals surface area contributed by atoms with Gasteiger partial charge in [-0.1, -0.05) is 0 Å². The van der Waals surface area contributed by atoms with E-state index in [-0.39, 0.29) is 0 Å². The van der Waals surface area contributed by atoms with Gasteiger partial charge in [-0.2, -0.15) is 5.90 Å². The van der Waals surface area contributed by atoms with Crippen molar-refractivity contribution < 1.29 is 19.2 Å². The van der Waals surface area contributed by atoms with Crippen LogP contribution in [0.2, 0.25) is 0 Å². The Morgan fingerprint density at radius 1 is 1.42 bits per heavy atom. The van der Waals surface area contributed by atoms with E-state index in [9.17, 15) is 14.4 Å². The fourth-order valence-electron chi connectivity index (χ4n) is 0.753. The Hall–Kier alpha value is -1.69. The van der Waals surface area contributed by atoms with E-state index in [0.717, 1.165) is 17.1 Å². The Bertz CT molecular complexity index is 253. The van der Waals surface area contributed by atoms with E-state index in [0.29, 0.717) is 0 Å². The molecule has 0 saturated heterocycles. The summed E-state index contributed by atoms with van der Waals surface area (Å²) >= 11 is 0. The third-order valence-corrected chi connectivity index (χ3v) is 1.32. The van der Waals surface area contributed by atoms with Crippen molar-refractivity contribution in [1.29, 1.82) is 0 Å². The first-order chi connectivity index (χ1) is 5.65. The molecule has 0 fully saturated rings. The van der Waals surface area contributed by atoms with Crippen LogP contribution in [0, 0.1) is 0 Å². The molecule has 1 rings (SSSR count). The van der Waals surface area contributed by atoms with Crippen LogP contribution in [0.5, 0.6) is 0 Å². The summed E-state index contributed by atoms with van der Waals surface area (Å²) in [5.41, 5.74) is 0. The maximum absolute atomic E-state index is 10.8. The number of imide groups is 1. The van der Waals surface area contributed by atoms with Gasteiger partial charge in [-0.3, -0.25) is 14.5 Å². The van der Waals surface area contributed by atoms with Gasteiger partial charge in [0, 0.05) is 12.2 Å². The van der Waals surface area contributed by atoms with Gasteiger partial charge in [-0.25, -0.2) is 4.79 Å². The second kappa shape index (κ2) is 3.14. The van der Waals surface area contributed by atoms with Crippen LogP contribution in [-0.2, 0) is 19.2 Å². The van der Waals surface area contributed by atoms with Crippen LogP contribution in [0.4, 0.5) is 0 Å². The highest BCUT2D eigenvalue weighted by atomic mass is 16.7. The van der Waals surface area contributed by atoms with Crippen molar-refractivity contribution in [3.8, 4) is 0 Å². The number of hydrogen-bond donors (Lipinski definition) is 1. The van der Waals surface area contributed by atoms with Crippen LogP contribution in [0.15, 0.2) is 12.2 Å². The Labute approximate surface area is 67.5 Å². The molecule has 6 heteroatoms. The number of nitrogens with two attached hydrogens (primary N) is 1. The van der Waals surface area contributed by atoms with Crippen molar-refractivity contribution >= 4 is 17.8 Å². The van der Waals surface area contributed by atoms with E-state index in [1.165, 1.54) is 0 Å². The standard InChI is InChI=1S/C6H6N2O4/c7-12-6(11)3-8-4(9)1-2-5(8)10/h1-2H,3,7H2. The Morgan fingerprint density at radius 3 is 2.33 bits per heavy atom. The topological polar surface area (TPSA) is 89.7 Å². The molecule has 0 aromatic rings. The molecule has 0 atom stereocenters. The molecule has 2 amide bonds. The number of carbonyl (C=O) groups excluding carboxylic acids is 3. The molecule has 6 nitrogen and oxygen atoms in total. The van der Waals surface area contributed by atoms with Crippen LogP contribution < -0.4 is 5.90 Å². The predicted octanol–water partition coefficient (Wildman–Crippen LogP) is -1.67. The maximum Gasteiger partial charge on any atom is 0.344 e. The van der Waals surface area contributed by atoms with E-state index >= 15 is 0 Å². The maximum atomic E-state index is 10.8. The smallest absolute Gasteiger partial charge is 0.344 e. The zero-order valence-corrected chi connectivity index (χ0v) is 6.02. The summed E-state index contributed by atoms with van der Waals surface area (Å²) in [4.78, 5) is 36.7. The van der Waals surface area contributed by atoms with Crippen molar-refractivity contribution in [1.82, 2.24) is 4.90 Å². The Kier molecular flexibility index (Phi) is 2.20. The summed E-state index contributed by atoms with van der Waals surface area (Å²) in [7, 11) is 0. The molecular weight excluding hydrogens is 164 g/mol. The van der Waals surface area contributed by atoms with Crippen LogP contribution in [-0.4, -0.2) is 29.2 Å². The second-order valence-corrected chi connectivity index (χ2v) is 2.09. The summed E-state index contributed by atoms with van der Waals surface area (Å²) in [6, 6.07) is 0. The lowest BCUT2D eigenvalue weighted by Gasteiger charge is -2.10. The van der Waals surface area contributed by atoms with Crippen molar-refractivity contribution in [3.63, 3.8) is 0 Å². The van der Waals surface area contributed by atoms with Gasteiger partial charge in [-0.15, -0.1) is 0 Å². The molecule has 0 saturated carbocycles. The Balaban J connectivity index is 2.59. The van der Waals surface area contributed by atoms with E-state index in [1.807, 2.05) is 0 Å². The normalized spacial score (nSPS) is 15.6. The molecule has 2 N–H and O–H groups in total. The third-order valence-electron chi connectivity index (χ3n) is 1.32. The lowest BCUT2D eigenvalue weighted by Crippen LogP contribution is -2.36. The van der Waals surface area contributed by atoms with Gasteiger partial charge in [0.05, 0.1) is 0 Å². The lowest BCUT2D eigenvalue weighted by molar-refractivity contribution is -0.152. The van der Waals surface area contributed by atoms with Gasteiger partial charge in [0.25, 0.3) is 11.8 Å². The first-order valence-electron chi connectivity index (χ1n) is 3.08. The highest BCUT2D eigenvalue weighted by Crippen LogP contribution is 2.02. The number of rotatable bonds is 2. The molecule has 1 heterocycles. The number of nitrogens with zero attached hydrogens (tertiary/aromatic N) is 1. The van der Waals surface area contributed by atoms with Crippen molar-refractivity contribution in [3.05, 3.63) is 12.2 Å². The minimum atomic E-state index is -0.833. The number of carbonyl (C=O) groups is 3. The second-order valence-electron chi connectivity index (χ2n) is 2.09. The zero-order chi connectivity index (χ0) is 9.14. The van der Waals surface area contributed by atoms with Gasteiger partial charge >= 0.3 is 5.97 Å². The molecule has 0 bridgehead atoms. The molecule has 0 aromatic carbocycles. The summed E-state index contributed by atoms with van der Waals surface area (Å²) in [6.07, 6.45) is 2.15. The monoisotopic (exact) mass is 170 g/mol. The highest BCUT2D eigenvalue weighted by molar-refractivity contribution is 6.14. The lowest BCUT2D eigenvalue weighted by atomic mass is 10.5. The van der Waals surface area contributed by atoms with Gasteiger partial charge in [0.1, 0.15) is 6.54 Å². The van der Waals surface area contributed by atoms with E-state index in [2.05, 4.69) is 10.7 Å². The van der Waals surface area contributed by atoms with Gasteiger partial charge in [0.15, 0.2) is 0 Å². The van der Waals surface area contributed by atoms with Crippen LogP contribution in [0.25, 0.3) is 0 Å². The minimum Gasteiger partial charge on any atom is -0.372 e. The first kappa shape index (κ1) is 8.41. The van der Waals surface area contributed by atoms with Crippen LogP contribution in [0.1, 0.15) is 0 Å². The molecule has 0 aromatic heterocycles. The van der Waals surface area contributed by atoms with Crippen LogP contribution in [0.3, 0.4) is 0 Å². The van der Waals surface area contributed by atoms with Crippen molar-refractivity contribution in [2.24, 2.45) is 5.90 Å². The molecule has 1 aliphatic rings. The summed E-state index contributed by atoms with van der Waals surface area (Å²) in [5, 5.41) is 0. The average Bonchev–Trinajstić information content (AvgIpc) is 2.35. The quantitative estimate of drug-likeness (QED) is 0.395. The molecule has 0 unspecified atom stereocenters. The van der Waals surface area contributed by atoms with Gasteiger partial charge < -0.3 is 4.84 Å². The van der Waals surface area contributed by atoms with Crippen molar-refractivity contribution in [2.45, 2.75) is 0 Å². The molecule has 12 heavy (non-hydrogen) atoms. The summed E-state index contributed by atoms with van der Waals surface area (Å²) in [5.74, 6) is 2.62. The molecule has 0 radical (unpaired) electrons. The average molecular weight is 170 g/mol. The van der Waals surface area contributed by atoms with E-state index in [1.54, 1.807) is 0 Å². The summed E-state index contributed by atoms with van der Waals surface area (Å²) in [6.45, 7) is -0.443. The molecule has 64 valence electrons. The SMILES string of the molecule is NOC(=O)CN1C(=O)C=CC1=O. The van der Waals surface area contributed by atoms with E-state index < -0.39 is 24.3 Å². The van der Waals surface area contributed by atoms with Crippen molar-refractivity contribution in [2.75, 3.05) is 6.54 Å². The molecule has 0 aliphatic carbocycles. The van der Waals surface area contributed by atoms with Gasteiger partial charge in [0.2, 0.25) is 0 Å². The number of amides is 2.